The van der Waals surface area contributed by atoms with Crippen molar-refractivity contribution in [3.05, 3.63) is 32.5 Å². The molecule has 19 heavy (non-hydrogen) atoms. The van der Waals surface area contributed by atoms with Crippen LogP contribution in [0.3, 0.4) is 0 Å². The standard InChI is InChI=1S/C13H16ClN3OS/c1-4-9-13(14)10(17(5-2)16-9)6-11(18)12-7-15-8(3)19-12/h7H,4-6H2,1-3H3. The topological polar surface area (TPSA) is 47.8 Å². The summed E-state index contributed by atoms with van der Waals surface area (Å²) in [6, 6.07) is 0. The van der Waals surface area contributed by atoms with Crippen LogP contribution in [-0.4, -0.2) is 20.5 Å². The van der Waals surface area contributed by atoms with Gasteiger partial charge in [-0.3, -0.25) is 9.48 Å². The van der Waals surface area contributed by atoms with Crippen molar-refractivity contribution in [1.82, 2.24) is 14.8 Å². The number of carbonyl (C=O) groups excluding carboxylic acids is 1. The van der Waals surface area contributed by atoms with E-state index >= 15 is 0 Å². The van der Waals surface area contributed by atoms with Gasteiger partial charge in [0.1, 0.15) is 0 Å². The molecule has 0 bridgehead atoms. The van der Waals surface area contributed by atoms with E-state index in [9.17, 15) is 4.79 Å². The van der Waals surface area contributed by atoms with Gasteiger partial charge < -0.3 is 0 Å². The van der Waals surface area contributed by atoms with Crippen LogP contribution in [0.4, 0.5) is 0 Å². The van der Waals surface area contributed by atoms with E-state index in [0.717, 1.165) is 22.8 Å². The molecule has 0 N–H and O–H groups in total. The van der Waals surface area contributed by atoms with Crippen molar-refractivity contribution in [2.45, 2.75) is 40.2 Å². The second kappa shape index (κ2) is 5.84. The van der Waals surface area contributed by atoms with E-state index < -0.39 is 0 Å². The smallest absolute Gasteiger partial charge is 0.180 e. The van der Waals surface area contributed by atoms with Crippen molar-refractivity contribution in [1.29, 1.82) is 0 Å². The van der Waals surface area contributed by atoms with Crippen molar-refractivity contribution in [2.75, 3.05) is 0 Å². The number of hydrogen-bond donors (Lipinski definition) is 0. The Labute approximate surface area is 121 Å². The predicted octanol–water partition coefficient (Wildman–Crippen LogP) is 3.31. The molecule has 0 saturated carbocycles. The fourth-order valence-corrected chi connectivity index (χ4v) is 2.97. The minimum absolute atomic E-state index is 0.0461. The Hall–Kier alpha value is -1.20. The largest absolute Gasteiger partial charge is 0.293 e. The summed E-state index contributed by atoms with van der Waals surface area (Å²) in [5.41, 5.74) is 1.66. The summed E-state index contributed by atoms with van der Waals surface area (Å²) in [6.07, 6.45) is 2.68. The van der Waals surface area contributed by atoms with Crippen LogP contribution in [-0.2, 0) is 19.4 Å². The van der Waals surface area contributed by atoms with Crippen LogP contribution in [0, 0.1) is 6.92 Å². The van der Waals surface area contributed by atoms with Crippen molar-refractivity contribution in [2.24, 2.45) is 0 Å². The Morgan fingerprint density at radius 2 is 2.21 bits per heavy atom. The fraction of sp³-hybridized carbons (Fsp3) is 0.462. The van der Waals surface area contributed by atoms with Gasteiger partial charge in [0.2, 0.25) is 0 Å². The zero-order valence-corrected chi connectivity index (χ0v) is 12.8. The van der Waals surface area contributed by atoms with E-state index in [0.29, 0.717) is 16.4 Å². The second-order valence-corrected chi connectivity index (χ2v) is 5.83. The van der Waals surface area contributed by atoms with Crippen LogP contribution in [0.15, 0.2) is 6.20 Å². The molecule has 2 rings (SSSR count). The molecule has 0 aliphatic carbocycles. The molecule has 4 nitrogen and oxygen atoms in total. The molecule has 0 radical (unpaired) electrons. The quantitative estimate of drug-likeness (QED) is 0.796. The maximum absolute atomic E-state index is 12.2. The average molecular weight is 298 g/mol. The molecule has 0 unspecified atom stereocenters. The lowest BCUT2D eigenvalue weighted by Gasteiger charge is -2.03. The zero-order chi connectivity index (χ0) is 14.0. The van der Waals surface area contributed by atoms with Crippen molar-refractivity contribution in [3.63, 3.8) is 0 Å². The van der Waals surface area contributed by atoms with E-state index in [1.165, 1.54) is 11.3 Å². The number of thiazole rings is 1. The number of hydrogen-bond acceptors (Lipinski definition) is 4. The molecule has 0 spiro atoms. The maximum atomic E-state index is 12.2. The van der Waals surface area contributed by atoms with E-state index in [2.05, 4.69) is 10.1 Å². The monoisotopic (exact) mass is 297 g/mol. The number of Topliss-reactive ketones (excluding diaryl/α,β-unsaturated/α-hetero) is 1. The van der Waals surface area contributed by atoms with Gasteiger partial charge in [-0.2, -0.15) is 5.10 Å². The summed E-state index contributed by atoms with van der Waals surface area (Å²) in [7, 11) is 0. The number of nitrogens with zero attached hydrogens (tertiary/aromatic N) is 3. The Morgan fingerprint density at radius 1 is 1.47 bits per heavy atom. The van der Waals surface area contributed by atoms with Gasteiger partial charge in [0.25, 0.3) is 0 Å². The molecule has 0 fully saturated rings. The van der Waals surface area contributed by atoms with Gasteiger partial charge in [0.05, 0.1) is 32.7 Å². The van der Waals surface area contributed by atoms with Crippen LogP contribution in [0.25, 0.3) is 0 Å². The molecule has 102 valence electrons. The number of halogens is 1. The van der Waals surface area contributed by atoms with Gasteiger partial charge in [-0.1, -0.05) is 18.5 Å². The molecular weight excluding hydrogens is 282 g/mol. The number of rotatable bonds is 5. The first-order valence-electron chi connectivity index (χ1n) is 6.26. The number of aromatic nitrogens is 3. The van der Waals surface area contributed by atoms with Crippen molar-refractivity contribution < 1.29 is 4.79 Å². The number of carbonyl (C=O) groups is 1. The summed E-state index contributed by atoms with van der Waals surface area (Å²) in [4.78, 5) is 17.0. The Kier molecular flexibility index (Phi) is 4.37. The minimum Gasteiger partial charge on any atom is -0.293 e. The second-order valence-electron chi connectivity index (χ2n) is 4.22. The van der Waals surface area contributed by atoms with Gasteiger partial charge in [0.15, 0.2) is 5.78 Å². The van der Waals surface area contributed by atoms with Gasteiger partial charge in [-0.15, -0.1) is 11.3 Å². The van der Waals surface area contributed by atoms with Gasteiger partial charge in [-0.05, 0) is 20.3 Å². The highest BCUT2D eigenvalue weighted by Crippen LogP contribution is 2.24. The molecule has 2 aromatic heterocycles. The first-order chi connectivity index (χ1) is 9.06. The fourth-order valence-electron chi connectivity index (χ4n) is 1.92. The SMILES string of the molecule is CCc1nn(CC)c(CC(=O)c2cnc(C)s2)c1Cl. The molecule has 2 aromatic rings. The maximum Gasteiger partial charge on any atom is 0.180 e. The third kappa shape index (κ3) is 2.87. The van der Waals surface area contributed by atoms with Crippen LogP contribution < -0.4 is 0 Å². The van der Waals surface area contributed by atoms with E-state index in [1.807, 2.05) is 25.5 Å². The Balaban J connectivity index is 2.28. The molecular formula is C13H16ClN3OS. The van der Waals surface area contributed by atoms with Crippen LogP contribution in [0.2, 0.25) is 5.02 Å². The van der Waals surface area contributed by atoms with E-state index in [-0.39, 0.29) is 12.2 Å². The van der Waals surface area contributed by atoms with E-state index in [4.69, 9.17) is 11.6 Å². The van der Waals surface area contributed by atoms with Crippen LogP contribution >= 0.6 is 22.9 Å². The average Bonchev–Trinajstić information content (AvgIpc) is 2.95. The summed E-state index contributed by atoms with van der Waals surface area (Å²) in [6.45, 7) is 6.60. The predicted molar refractivity (Wildman–Crippen MR) is 77.2 cm³/mol. The minimum atomic E-state index is 0.0461. The van der Waals surface area contributed by atoms with Gasteiger partial charge in [-0.25, -0.2) is 4.98 Å². The lowest BCUT2D eigenvalue weighted by Crippen LogP contribution is -2.09. The summed E-state index contributed by atoms with van der Waals surface area (Å²) < 4.78 is 1.81. The summed E-state index contributed by atoms with van der Waals surface area (Å²) in [5, 5.41) is 5.94. The molecule has 0 aliphatic rings. The third-order valence-corrected chi connectivity index (χ3v) is 4.31. The van der Waals surface area contributed by atoms with Gasteiger partial charge >= 0.3 is 0 Å². The lowest BCUT2D eigenvalue weighted by atomic mass is 10.2. The Bertz CT molecular complexity index is 603. The molecule has 0 amide bonds. The lowest BCUT2D eigenvalue weighted by molar-refractivity contribution is 0.0994. The summed E-state index contributed by atoms with van der Waals surface area (Å²) >= 11 is 7.71. The zero-order valence-electron chi connectivity index (χ0n) is 11.2. The molecule has 2 heterocycles. The molecule has 0 aliphatic heterocycles. The highest BCUT2D eigenvalue weighted by atomic mass is 35.5. The Morgan fingerprint density at radius 3 is 2.74 bits per heavy atom. The highest BCUT2D eigenvalue weighted by molar-refractivity contribution is 7.13. The van der Waals surface area contributed by atoms with Crippen molar-refractivity contribution >= 4 is 28.7 Å². The molecule has 6 heteroatoms. The van der Waals surface area contributed by atoms with Gasteiger partial charge in [0, 0.05) is 12.7 Å². The summed E-state index contributed by atoms with van der Waals surface area (Å²) in [5.74, 6) is 0.0461. The van der Waals surface area contributed by atoms with Crippen LogP contribution in [0.1, 0.15) is 39.9 Å². The van der Waals surface area contributed by atoms with Crippen molar-refractivity contribution in [3.8, 4) is 0 Å². The normalized spacial score (nSPS) is 10.9. The number of aryl methyl sites for hydroxylation is 3. The first-order valence-corrected chi connectivity index (χ1v) is 7.45. The third-order valence-electron chi connectivity index (χ3n) is 2.92. The van der Waals surface area contributed by atoms with E-state index in [1.54, 1.807) is 6.20 Å². The molecule has 0 saturated heterocycles. The number of ketones is 1. The van der Waals surface area contributed by atoms with Crippen LogP contribution in [0.5, 0.6) is 0 Å². The highest BCUT2D eigenvalue weighted by Gasteiger charge is 2.19. The molecule has 0 atom stereocenters. The molecule has 0 aromatic carbocycles. The first kappa shape index (κ1) is 14.2.